The highest BCUT2D eigenvalue weighted by Gasteiger charge is 2.41. The number of nitrogens with one attached hydrogen (secondary N) is 1. The normalized spacial score (nSPS) is 18.5. The van der Waals surface area contributed by atoms with E-state index in [0.29, 0.717) is 29.7 Å². The highest BCUT2D eigenvalue weighted by atomic mass is 16.5. The Labute approximate surface area is 205 Å². The molecule has 0 aliphatic heterocycles. The predicted molar refractivity (Wildman–Crippen MR) is 136 cm³/mol. The third-order valence-corrected chi connectivity index (χ3v) is 6.78. The number of allylic oxidation sites excluding steroid dienone is 2. The summed E-state index contributed by atoms with van der Waals surface area (Å²) in [7, 11) is 4.83. The Morgan fingerprint density at radius 1 is 1.09 bits per heavy atom. The number of aromatic nitrogens is 2. The van der Waals surface area contributed by atoms with Crippen LogP contribution in [0.15, 0.2) is 61.2 Å². The van der Waals surface area contributed by atoms with E-state index in [1.165, 1.54) is 10.8 Å². The lowest BCUT2D eigenvalue weighted by molar-refractivity contribution is 0.0950. The van der Waals surface area contributed by atoms with E-state index in [2.05, 4.69) is 41.3 Å². The summed E-state index contributed by atoms with van der Waals surface area (Å²) < 4.78 is 18.6. The molecule has 0 spiro atoms. The first-order chi connectivity index (χ1) is 17.1. The Bertz CT molecular complexity index is 1310. The summed E-state index contributed by atoms with van der Waals surface area (Å²) in [5, 5.41) is 8.13. The van der Waals surface area contributed by atoms with Crippen LogP contribution in [0.1, 0.15) is 40.0 Å². The Morgan fingerprint density at radius 2 is 1.83 bits per heavy atom. The van der Waals surface area contributed by atoms with Crippen molar-refractivity contribution >= 4 is 17.8 Å². The number of anilines is 1. The molecule has 3 aromatic rings. The number of hydrogen-bond donors (Lipinski definition) is 1. The van der Waals surface area contributed by atoms with Gasteiger partial charge in [-0.1, -0.05) is 55.1 Å². The molecule has 0 saturated heterocycles. The van der Waals surface area contributed by atoms with Gasteiger partial charge in [-0.05, 0) is 30.5 Å². The van der Waals surface area contributed by atoms with Crippen LogP contribution < -0.4 is 19.5 Å². The largest absolute Gasteiger partial charge is 0.493 e. The van der Waals surface area contributed by atoms with Crippen molar-refractivity contribution in [2.75, 3.05) is 26.6 Å². The van der Waals surface area contributed by atoms with Gasteiger partial charge in [0.2, 0.25) is 5.75 Å². The van der Waals surface area contributed by atoms with E-state index in [9.17, 15) is 4.79 Å². The van der Waals surface area contributed by atoms with E-state index in [1.807, 2.05) is 30.3 Å². The Morgan fingerprint density at radius 3 is 2.46 bits per heavy atom. The summed E-state index contributed by atoms with van der Waals surface area (Å²) in [4.78, 5) is 12.9. The van der Waals surface area contributed by atoms with E-state index in [1.54, 1.807) is 21.3 Å². The van der Waals surface area contributed by atoms with Crippen LogP contribution in [-0.2, 0) is 11.8 Å². The number of rotatable bonds is 8. The molecule has 35 heavy (non-hydrogen) atoms. The standard InChI is InChI=1S/C28H29N3O4/c1-5-24(32)31-22-17-28(18-9-7-6-8-10-18,16-15-20(22)27(30-31)29-19-11-12-19)21-13-14-23(33-2)26(35-4)25(21)34-3/h5-10,13-16,19H,1,11-12,17H2,2-4H3,(H,29,30). The van der Waals surface area contributed by atoms with Crippen molar-refractivity contribution in [3.05, 3.63) is 83.6 Å². The van der Waals surface area contributed by atoms with Gasteiger partial charge in [-0.25, -0.2) is 0 Å². The van der Waals surface area contributed by atoms with Gasteiger partial charge >= 0.3 is 0 Å². The molecule has 7 nitrogen and oxygen atoms in total. The van der Waals surface area contributed by atoms with Gasteiger partial charge < -0.3 is 19.5 Å². The fraction of sp³-hybridized carbons (Fsp3) is 0.286. The Balaban J connectivity index is 1.75. The maximum absolute atomic E-state index is 12.9. The quantitative estimate of drug-likeness (QED) is 0.473. The molecule has 1 N–H and O–H groups in total. The summed E-state index contributed by atoms with van der Waals surface area (Å²) in [6.07, 6.45) is 8.25. The van der Waals surface area contributed by atoms with E-state index in [-0.39, 0.29) is 5.91 Å². The molecule has 1 fully saturated rings. The molecule has 180 valence electrons. The monoisotopic (exact) mass is 471 g/mol. The number of hydrogen-bond acceptors (Lipinski definition) is 6. The number of nitrogens with zero attached hydrogens (tertiary/aromatic N) is 2. The van der Waals surface area contributed by atoms with E-state index < -0.39 is 5.41 Å². The molecule has 5 rings (SSSR count). The van der Waals surface area contributed by atoms with Crippen LogP contribution in [-0.4, -0.2) is 43.1 Å². The van der Waals surface area contributed by atoms with Crippen LogP contribution in [0.25, 0.3) is 6.08 Å². The summed E-state index contributed by atoms with van der Waals surface area (Å²) in [6.45, 7) is 3.69. The summed E-state index contributed by atoms with van der Waals surface area (Å²) in [6, 6.07) is 14.5. The number of methoxy groups -OCH3 is 3. The third kappa shape index (κ3) is 3.77. The van der Waals surface area contributed by atoms with Crippen LogP contribution in [0.3, 0.4) is 0 Å². The maximum Gasteiger partial charge on any atom is 0.270 e. The maximum atomic E-state index is 12.9. The Hall–Kier alpha value is -4.00. The molecule has 0 bridgehead atoms. The fourth-order valence-electron chi connectivity index (χ4n) is 4.88. The molecule has 1 heterocycles. The van der Waals surface area contributed by atoms with Gasteiger partial charge in [0, 0.05) is 29.0 Å². The molecule has 7 heteroatoms. The van der Waals surface area contributed by atoms with Gasteiger partial charge in [0.05, 0.1) is 27.0 Å². The molecule has 2 aromatic carbocycles. The van der Waals surface area contributed by atoms with Gasteiger partial charge in [-0.15, -0.1) is 5.10 Å². The lowest BCUT2D eigenvalue weighted by Crippen LogP contribution is -2.33. The second-order valence-corrected chi connectivity index (χ2v) is 8.81. The van der Waals surface area contributed by atoms with Gasteiger partial charge in [-0.2, -0.15) is 4.68 Å². The zero-order valence-electron chi connectivity index (χ0n) is 20.2. The van der Waals surface area contributed by atoms with E-state index in [4.69, 9.17) is 14.2 Å². The summed E-state index contributed by atoms with van der Waals surface area (Å²) >= 11 is 0. The minimum atomic E-state index is -0.644. The average Bonchev–Trinajstić information content (AvgIpc) is 3.66. The average molecular weight is 472 g/mol. The topological polar surface area (TPSA) is 74.6 Å². The van der Waals surface area contributed by atoms with Gasteiger partial charge in [-0.3, -0.25) is 4.79 Å². The minimum absolute atomic E-state index is 0.262. The van der Waals surface area contributed by atoms with E-state index >= 15 is 0 Å². The molecule has 2 aliphatic carbocycles. The first-order valence-electron chi connectivity index (χ1n) is 11.7. The summed E-state index contributed by atoms with van der Waals surface area (Å²) in [5.41, 5.74) is 3.07. The van der Waals surface area contributed by atoms with Crippen LogP contribution in [0.4, 0.5) is 5.82 Å². The molecular formula is C28H29N3O4. The first kappa shape index (κ1) is 22.8. The number of carbonyl (C=O) groups excluding carboxylic acids is 1. The molecular weight excluding hydrogens is 442 g/mol. The highest BCUT2D eigenvalue weighted by molar-refractivity contribution is 5.91. The van der Waals surface area contributed by atoms with Crippen molar-refractivity contribution in [1.29, 1.82) is 0 Å². The zero-order chi connectivity index (χ0) is 24.6. The van der Waals surface area contributed by atoms with Crippen LogP contribution in [0.5, 0.6) is 17.2 Å². The smallest absolute Gasteiger partial charge is 0.270 e. The van der Waals surface area contributed by atoms with Crippen molar-refractivity contribution in [2.45, 2.75) is 30.7 Å². The van der Waals surface area contributed by atoms with Crippen molar-refractivity contribution in [2.24, 2.45) is 0 Å². The van der Waals surface area contributed by atoms with Crippen LogP contribution in [0, 0.1) is 0 Å². The molecule has 0 radical (unpaired) electrons. The summed E-state index contributed by atoms with van der Waals surface area (Å²) in [5.74, 6) is 2.16. The van der Waals surface area contributed by atoms with Gasteiger partial charge in [0.1, 0.15) is 0 Å². The van der Waals surface area contributed by atoms with Gasteiger partial charge in [0.15, 0.2) is 17.3 Å². The van der Waals surface area contributed by atoms with Crippen LogP contribution >= 0.6 is 0 Å². The molecule has 1 unspecified atom stereocenters. The molecule has 2 aliphatic rings. The van der Waals surface area contributed by atoms with Crippen molar-refractivity contribution in [3.63, 3.8) is 0 Å². The second-order valence-electron chi connectivity index (χ2n) is 8.81. The zero-order valence-corrected chi connectivity index (χ0v) is 20.2. The number of benzene rings is 2. The van der Waals surface area contributed by atoms with Gasteiger partial charge in [0.25, 0.3) is 5.91 Å². The minimum Gasteiger partial charge on any atom is -0.493 e. The van der Waals surface area contributed by atoms with E-state index in [0.717, 1.165) is 41.0 Å². The predicted octanol–water partition coefficient (Wildman–Crippen LogP) is 4.87. The lowest BCUT2D eigenvalue weighted by atomic mass is 9.68. The molecule has 1 atom stereocenters. The van der Waals surface area contributed by atoms with Crippen molar-refractivity contribution < 1.29 is 19.0 Å². The highest BCUT2D eigenvalue weighted by Crippen LogP contribution is 2.51. The molecule has 1 aromatic heterocycles. The molecule has 0 amide bonds. The van der Waals surface area contributed by atoms with Crippen LogP contribution in [0.2, 0.25) is 0 Å². The van der Waals surface area contributed by atoms with Crippen molar-refractivity contribution in [3.8, 4) is 17.2 Å². The lowest BCUT2D eigenvalue weighted by Gasteiger charge is -2.36. The fourth-order valence-corrected chi connectivity index (χ4v) is 4.88. The number of fused-ring (bicyclic) bond motifs is 1. The Kier molecular flexibility index (Phi) is 5.84. The van der Waals surface area contributed by atoms with Crippen molar-refractivity contribution in [1.82, 2.24) is 9.78 Å². The molecule has 1 saturated carbocycles. The number of ether oxygens (including phenoxy) is 3. The SMILES string of the molecule is C=CC(=O)n1nc(NC2CC2)c2c1CC(c1ccccc1)(c1ccc(OC)c(OC)c1OC)C=C2. The third-order valence-electron chi connectivity index (χ3n) is 6.78. The first-order valence-corrected chi connectivity index (χ1v) is 11.7. The second kappa shape index (κ2) is 8.98. The number of carbonyl (C=O) groups is 1.